The Kier molecular flexibility index (Phi) is 6.66. The highest BCUT2D eigenvalue weighted by atomic mass is 19.4. The smallest absolute Gasteiger partial charge is 0.369 e. The van der Waals surface area contributed by atoms with Crippen LogP contribution in [0.1, 0.15) is 25.3 Å². The number of benzene rings is 1. The predicted octanol–water partition coefficient (Wildman–Crippen LogP) is 1.95. The number of piperazine rings is 1. The summed E-state index contributed by atoms with van der Waals surface area (Å²) in [7, 11) is 0. The highest BCUT2D eigenvalue weighted by Gasteiger charge is 2.32. The van der Waals surface area contributed by atoms with E-state index >= 15 is 0 Å². The van der Waals surface area contributed by atoms with Gasteiger partial charge in [0.25, 0.3) is 0 Å². The summed E-state index contributed by atoms with van der Waals surface area (Å²) in [6.07, 6.45) is -2.44. The summed E-state index contributed by atoms with van der Waals surface area (Å²) in [5.41, 5.74) is -0.0340. The topological polar surface area (TPSA) is 55.9 Å². The van der Waals surface area contributed by atoms with E-state index in [1.54, 1.807) is 11.0 Å². The molecule has 0 aliphatic carbocycles. The standard InChI is InChI=1S/C20H27F3N4O2/c1-15(28)24-13-19(29)27-7-3-6-18(14-27)26-10-8-25(9-11-26)17-5-2-4-16(12-17)20(21,22)23/h2,4-5,12,18H,3,6-11,13-14H2,1H3,(H,24,28)/t18-/m1/s1. The van der Waals surface area contributed by atoms with Crippen molar-refractivity contribution in [1.29, 1.82) is 0 Å². The van der Waals surface area contributed by atoms with Crippen LogP contribution in [0.3, 0.4) is 0 Å². The lowest BCUT2D eigenvalue weighted by molar-refractivity contribution is -0.137. The largest absolute Gasteiger partial charge is 0.416 e. The number of rotatable bonds is 4. The van der Waals surface area contributed by atoms with Crippen molar-refractivity contribution in [1.82, 2.24) is 15.1 Å². The van der Waals surface area contributed by atoms with Crippen molar-refractivity contribution in [2.45, 2.75) is 32.0 Å². The molecule has 1 atom stereocenters. The number of amides is 2. The second-order valence-electron chi connectivity index (χ2n) is 7.62. The number of hydrogen-bond acceptors (Lipinski definition) is 4. The van der Waals surface area contributed by atoms with Gasteiger partial charge >= 0.3 is 6.18 Å². The van der Waals surface area contributed by atoms with Gasteiger partial charge < -0.3 is 15.1 Å². The SMILES string of the molecule is CC(=O)NCC(=O)N1CCC[C@@H](N2CCN(c3cccc(C(F)(F)F)c3)CC2)C1. The molecular formula is C20H27F3N4O2. The second kappa shape index (κ2) is 9.02. The lowest BCUT2D eigenvalue weighted by Gasteiger charge is -2.44. The van der Waals surface area contributed by atoms with Gasteiger partial charge in [-0.1, -0.05) is 6.07 Å². The number of alkyl halides is 3. The Balaban J connectivity index is 1.54. The van der Waals surface area contributed by atoms with Crippen LogP contribution in [0, 0.1) is 0 Å². The zero-order valence-corrected chi connectivity index (χ0v) is 16.5. The Morgan fingerprint density at radius 2 is 1.86 bits per heavy atom. The van der Waals surface area contributed by atoms with Gasteiger partial charge in [-0.15, -0.1) is 0 Å². The third-order valence-electron chi connectivity index (χ3n) is 5.61. The molecule has 0 spiro atoms. The van der Waals surface area contributed by atoms with Gasteiger partial charge in [-0.25, -0.2) is 0 Å². The van der Waals surface area contributed by atoms with Gasteiger partial charge in [-0.05, 0) is 31.0 Å². The molecule has 2 aliphatic rings. The summed E-state index contributed by atoms with van der Waals surface area (Å²) in [6, 6.07) is 5.71. The maximum atomic E-state index is 13.0. The van der Waals surface area contributed by atoms with Gasteiger partial charge in [-0.3, -0.25) is 14.5 Å². The first-order chi connectivity index (χ1) is 13.7. The number of likely N-dealkylation sites (tertiary alicyclic amines) is 1. The van der Waals surface area contributed by atoms with E-state index < -0.39 is 11.7 Å². The molecule has 1 aromatic carbocycles. The zero-order valence-electron chi connectivity index (χ0n) is 16.5. The lowest BCUT2D eigenvalue weighted by Crippen LogP contribution is -2.56. The fraction of sp³-hybridized carbons (Fsp3) is 0.600. The van der Waals surface area contributed by atoms with Crippen molar-refractivity contribution in [3.8, 4) is 0 Å². The molecule has 0 saturated carbocycles. The van der Waals surface area contributed by atoms with E-state index in [4.69, 9.17) is 0 Å². The molecule has 0 radical (unpaired) electrons. The maximum absolute atomic E-state index is 13.0. The summed E-state index contributed by atoms with van der Waals surface area (Å²) in [6.45, 7) is 5.52. The van der Waals surface area contributed by atoms with Gasteiger partial charge in [0.1, 0.15) is 0 Å². The average molecular weight is 412 g/mol. The van der Waals surface area contributed by atoms with E-state index in [0.717, 1.165) is 32.0 Å². The third kappa shape index (κ3) is 5.62. The molecule has 29 heavy (non-hydrogen) atoms. The van der Waals surface area contributed by atoms with E-state index in [1.165, 1.54) is 19.1 Å². The summed E-state index contributed by atoms with van der Waals surface area (Å²) in [5, 5.41) is 2.55. The molecule has 0 aromatic heterocycles. The molecule has 6 nitrogen and oxygen atoms in total. The van der Waals surface area contributed by atoms with E-state index in [0.29, 0.717) is 31.9 Å². The molecule has 160 valence electrons. The minimum Gasteiger partial charge on any atom is -0.369 e. The van der Waals surface area contributed by atoms with Gasteiger partial charge in [0, 0.05) is 57.9 Å². The highest BCUT2D eigenvalue weighted by Crippen LogP contribution is 2.32. The molecule has 1 N–H and O–H groups in total. The molecular weight excluding hydrogens is 385 g/mol. The Hall–Kier alpha value is -2.29. The van der Waals surface area contributed by atoms with Crippen molar-refractivity contribution in [3.05, 3.63) is 29.8 Å². The van der Waals surface area contributed by atoms with Crippen molar-refractivity contribution in [2.75, 3.05) is 50.7 Å². The Labute approximate surface area is 168 Å². The molecule has 0 unspecified atom stereocenters. The normalized spacial score (nSPS) is 21.2. The van der Waals surface area contributed by atoms with Crippen molar-refractivity contribution in [3.63, 3.8) is 0 Å². The Bertz CT molecular complexity index is 733. The summed E-state index contributed by atoms with van der Waals surface area (Å²) in [5.74, 6) is -0.301. The number of carbonyl (C=O) groups is 2. The molecule has 0 bridgehead atoms. The number of anilines is 1. The predicted molar refractivity (Wildman–Crippen MR) is 104 cm³/mol. The van der Waals surface area contributed by atoms with Gasteiger partial charge in [0.05, 0.1) is 12.1 Å². The highest BCUT2D eigenvalue weighted by molar-refractivity contribution is 5.83. The first-order valence-electron chi connectivity index (χ1n) is 9.92. The minimum atomic E-state index is -4.34. The van der Waals surface area contributed by atoms with Crippen LogP contribution in [0.15, 0.2) is 24.3 Å². The number of nitrogens with zero attached hydrogens (tertiary/aromatic N) is 3. The molecule has 2 saturated heterocycles. The Morgan fingerprint density at radius 1 is 1.14 bits per heavy atom. The zero-order chi connectivity index (χ0) is 21.0. The lowest BCUT2D eigenvalue weighted by atomic mass is 10.0. The van der Waals surface area contributed by atoms with Crippen molar-refractivity contribution >= 4 is 17.5 Å². The third-order valence-corrected chi connectivity index (χ3v) is 5.61. The number of carbonyl (C=O) groups excluding carboxylic acids is 2. The van der Waals surface area contributed by atoms with Crippen molar-refractivity contribution < 1.29 is 22.8 Å². The summed E-state index contributed by atoms with van der Waals surface area (Å²) >= 11 is 0. The van der Waals surface area contributed by atoms with Crippen LogP contribution < -0.4 is 10.2 Å². The van der Waals surface area contributed by atoms with Crippen LogP contribution in [-0.2, 0) is 15.8 Å². The maximum Gasteiger partial charge on any atom is 0.416 e. The molecule has 3 rings (SSSR count). The van der Waals surface area contributed by atoms with Crippen LogP contribution in [-0.4, -0.2) is 73.5 Å². The van der Waals surface area contributed by atoms with Gasteiger partial charge in [-0.2, -0.15) is 13.2 Å². The molecule has 9 heteroatoms. The number of piperidine rings is 1. The van der Waals surface area contributed by atoms with E-state index in [-0.39, 0.29) is 24.4 Å². The van der Waals surface area contributed by atoms with Gasteiger partial charge in [0.2, 0.25) is 11.8 Å². The fourth-order valence-corrected chi connectivity index (χ4v) is 4.02. The van der Waals surface area contributed by atoms with Crippen molar-refractivity contribution in [2.24, 2.45) is 0 Å². The molecule has 1 aromatic rings. The Morgan fingerprint density at radius 3 is 2.52 bits per heavy atom. The number of hydrogen-bond donors (Lipinski definition) is 1. The summed E-state index contributed by atoms with van der Waals surface area (Å²) in [4.78, 5) is 29.4. The van der Waals surface area contributed by atoms with Crippen LogP contribution >= 0.6 is 0 Å². The first-order valence-corrected chi connectivity index (χ1v) is 9.92. The minimum absolute atomic E-state index is 0.0192. The average Bonchev–Trinajstić information content (AvgIpc) is 2.71. The van der Waals surface area contributed by atoms with E-state index in [9.17, 15) is 22.8 Å². The van der Waals surface area contributed by atoms with Crippen LogP contribution in [0.4, 0.5) is 18.9 Å². The number of nitrogens with one attached hydrogen (secondary N) is 1. The quantitative estimate of drug-likeness (QED) is 0.822. The number of halogens is 3. The summed E-state index contributed by atoms with van der Waals surface area (Å²) < 4.78 is 38.9. The van der Waals surface area contributed by atoms with E-state index in [1.807, 2.05) is 4.90 Å². The molecule has 2 amide bonds. The molecule has 2 heterocycles. The van der Waals surface area contributed by atoms with Crippen LogP contribution in [0.25, 0.3) is 0 Å². The van der Waals surface area contributed by atoms with Crippen LogP contribution in [0.5, 0.6) is 0 Å². The van der Waals surface area contributed by atoms with Gasteiger partial charge in [0.15, 0.2) is 0 Å². The molecule has 2 aliphatic heterocycles. The van der Waals surface area contributed by atoms with Crippen LogP contribution in [0.2, 0.25) is 0 Å². The second-order valence-corrected chi connectivity index (χ2v) is 7.62. The first kappa shape index (κ1) is 21.4. The van der Waals surface area contributed by atoms with E-state index in [2.05, 4.69) is 10.2 Å². The monoisotopic (exact) mass is 412 g/mol. The molecule has 2 fully saturated rings. The fourth-order valence-electron chi connectivity index (χ4n) is 4.02.